The molecule has 0 N–H and O–H groups in total. The molecule has 0 amide bonds. The van der Waals surface area contributed by atoms with E-state index in [9.17, 15) is 0 Å². The van der Waals surface area contributed by atoms with Crippen molar-refractivity contribution in [3.8, 4) is 32.4 Å². The lowest BCUT2D eigenvalue weighted by Crippen LogP contribution is -1.86. The molecule has 30 heavy (non-hydrogen) atoms. The van der Waals surface area contributed by atoms with E-state index in [1.807, 2.05) is 26.0 Å². The Morgan fingerprint density at radius 1 is 0.633 bits per heavy atom. The maximum atomic E-state index is 5.81. The largest absolute Gasteiger partial charge is 0.484 e. The summed E-state index contributed by atoms with van der Waals surface area (Å²) in [6.07, 6.45) is 0. The second-order valence-electron chi connectivity index (χ2n) is 6.30. The van der Waals surface area contributed by atoms with E-state index < -0.39 is 0 Å². The third-order valence-corrected chi connectivity index (χ3v) is 9.68. The highest BCUT2D eigenvalue weighted by Crippen LogP contribution is 2.53. The Labute approximate surface area is 193 Å². The molecule has 0 saturated carbocycles. The van der Waals surface area contributed by atoms with Crippen LogP contribution in [0.4, 0.5) is 0 Å². The Kier molecular flexibility index (Phi) is 7.44. The minimum Gasteiger partial charge on any atom is -0.484 e. The molecule has 4 aromatic rings. The molecule has 0 bridgehead atoms. The zero-order valence-electron chi connectivity index (χ0n) is 16.8. The molecule has 0 atom stereocenters. The fourth-order valence-electron chi connectivity index (χ4n) is 2.97. The van der Waals surface area contributed by atoms with Crippen LogP contribution in [0.1, 0.15) is 13.8 Å². The average Bonchev–Trinajstić information content (AvgIpc) is 3.38. The van der Waals surface area contributed by atoms with Crippen LogP contribution in [0.5, 0.6) is 10.1 Å². The Hall–Kier alpha value is -1.86. The molecular weight excluding hydrogens is 449 g/mol. The molecule has 4 rings (SSSR count). The fourth-order valence-corrected chi connectivity index (χ4v) is 8.28. The van der Waals surface area contributed by atoms with Gasteiger partial charge in [-0.05, 0) is 46.6 Å². The predicted octanol–water partition coefficient (Wildman–Crippen LogP) is 8.74. The van der Waals surface area contributed by atoms with Crippen LogP contribution < -0.4 is 9.47 Å². The van der Waals surface area contributed by atoms with Gasteiger partial charge >= 0.3 is 0 Å². The Bertz CT molecular complexity index is 984. The third-order valence-electron chi connectivity index (χ3n) is 4.29. The van der Waals surface area contributed by atoms with Crippen molar-refractivity contribution in [2.45, 2.75) is 22.3 Å². The van der Waals surface area contributed by atoms with Crippen LogP contribution in [-0.4, -0.2) is 13.2 Å². The van der Waals surface area contributed by atoms with Gasteiger partial charge in [-0.2, -0.15) is 0 Å². The monoisotopic (exact) mass is 470 g/mol. The number of thiophene rings is 2. The van der Waals surface area contributed by atoms with Gasteiger partial charge in [-0.15, -0.1) is 0 Å². The molecule has 2 aromatic carbocycles. The van der Waals surface area contributed by atoms with E-state index in [1.54, 1.807) is 44.3 Å². The highest BCUT2D eigenvalue weighted by molar-refractivity contribution is 8.77. The molecule has 0 spiro atoms. The number of ether oxygens (including phenoxy) is 2. The second-order valence-corrected chi connectivity index (χ2v) is 11.0. The first-order valence-electron chi connectivity index (χ1n) is 9.77. The predicted molar refractivity (Wildman–Crippen MR) is 134 cm³/mol. The lowest BCUT2D eigenvalue weighted by atomic mass is 10.1. The van der Waals surface area contributed by atoms with E-state index in [2.05, 4.69) is 60.7 Å². The van der Waals surface area contributed by atoms with Gasteiger partial charge in [0.1, 0.15) is 0 Å². The van der Waals surface area contributed by atoms with Gasteiger partial charge in [-0.1, -0.05) is 83.3 Å². The quantitative estimate of drug-likeness (QED) is 0.228. The molecule has 0 radical (unpaired) electrons. The molecule has 6 heteroatoms. The van der Waals surface area contributed by atoms with Crippen molar-refractivity contribution in [3.63, 3.8) is 0 Å². The summed E-state index contributed by atoms with van der Waals surface area (Å²) >= 11 is 3.42. The first-order chi connectivity index (χ1) is 14.8. The number of hydrogen-bond acceptors (Lipinski definition) is 6. The summed E-state index contributed by atoms with van der Waals surface area (Å²) in [6.45, 7) is 5.40. The first-order valence-corrected chi connectivity index (χ1v) is 13.6. The second kappa shape index (κ2) is 10.4. The van der Waals surface area contributed by atoms with E-state index in [0.717, 1.165) is 10.1 Å². The van der Waals surface area contributed by atoms with Crippen LogP contribution in [0.15, 0.2) is 81.2 Å². The zero-order valence-corrected chi connectivity index (χ0v) is 20.1. The zero-order chi connectivity index (χ0) is 20.8. The maximum absolute atomic E-state index is 5.81. The average molecular weight is 471 g/mol. The van der Waals surface area contributed by atoms with Gasteiger partial charge in [0.15, 0.2) is 10.1 Å². The Balaban J connectivity index is 1.63. The number of rotatable bonds is 9. The summed E-state index contributed by atoms with van der Waals surface area (Å²) in [5.41, 5.74) is 4.88. The molecule has 0 unspecified atom stereocenters. The van der Waals surface area contributed by atoms with E-state index in [-0.39, 0.29) is 0 Å². The maximum Gasteiger partial charge on any atom is 0.175 e. The van der Waals surface area contributed by atoms with Crippen molar-refractivity contribution in [3.05, 3.63) is 72.8 Å². The molecule has 154 valence electrons. The molecule has 0 saturated heterocycles. The van der Waals surface area contributed by atoms with Crippen LogP contribution in [0.2, 0.25) is 0 Å². The van der Waals surface area contributed by atoms with Crippen molar-refractivity contribution >= 4 is 44.3 Å². The van der Waals surface area contributed by atoms with Crippen LogP contribution in [0, 0.1) is 0 Å². The molecule has 0 fully saturated rings. The van der Waals surface area contributed by atoms with Crippen LogP contribution in [-0.2, 0) is 0 Å². The van der Waals surface area contributed by atoms with Gasteiger partial charge in [0.2, 0.25) is 0 Å². The van der Waals surface area contributed by atoms with Crippen molar-refractivity contribution in [2.24, 2.45) is 0 Å². The van der Waals surface area contributed by atoms with Crippen molar-refractivity contribution < 1.29 is 9.47 Å². The minimum absolute atomic E-state index is 0.673. The third kappa shape index (κ3) is 5.06. The molecule has 2 aromatic heterocycles. The van der Waals surface area contributed by atoms with E-state index in [4.69, 9.17) is 9.47 Å². The first kappa shape index (κ1) is 21.4. The lowest BCUT2D eigenvalue weighted by molar-refractivity contribution is 0.350. The van der Waals surface area contributed by atoms with Crippen LogP contribution in [0.3, 0.4) is 0 Å². The summed E-state index contributed by atoms with van der Waals surface area (Å²) in [5.74, 6) is 0. The molecule has 0 aliphatic carbocycles. The standard InChI is InChI=1S/C24H22O2S4/c1-3-25-21-15-19(17-11-7-5-8-12-17)23(27-21)29-30-24-20(16-22(28-24)26-4-2)18-13-9-6-10-14-18/h5-16H,3-4H2,1-2H3. The molecule has 2 nitrogen and oxygen atoms in total. The summed E-state index contributed by atoms with van der Waals surface area (Å²) in [5, 5.41) is 1.92. The SMILES string of the molecule is CCOc1cc(-c2ccccc2)c(SSc2sc(OCC)cc2-c2ccccc2)s1. The van der Waals surface area contributed by atoms with Gasteiger partial charge in [0.05, 0.1) is 21.6 Å². The van der Waals surface area contributed by atoms with Gasteiger partial charge in [-0.25, -0.2) is 0 Å². The highest BCUT2D eigenvalue weighted by Gasteiger charge is 2.17. The minimum atomic E-state index is 0.673. The number of benzene rings is 2. The summed E-state index contributed by atoms with van der Waals surface area (Å²) in [6, 6.07) is 25.3. The lowest BCUT2D eigenvalue weighted by Gasteiger charge is -2.04. The Morgan fingerprint density at radius 2 is 1.03 bits per heavy atom. The van der Waals surface area contributed by atoms with Gasteiger partial charge in [-0.3, -0.25) is 0 Å². The van der Waals surface area contributed by atoms with E-state index in [0.29, 0.717) is 13.2 Å². The summed E-state index contributed by atoms with van der Waals surface area (Å²) in [7, 11) is 3.58. The van der Waals surface area contributed by atoms with Crippen LogP contribution in [0.25, 0.3) is 22.3 Å². The molecule has 0 aliphatic heterocycles. The normalized spacial score (nSPS) is 10.9. The van der Waals surface area contributed by atoms with Gasteiger partial charge < -0.3 is 9.47 Å². The van der Waals surface area contributed by atoms with Crippen molar-refractivity contribution in [1.29, 1.82) is 0 Å². The smallest absolute Gasteiger partial charge is 0.175 e. The molecule has 0 aliphatic rings. The molecular formula is C24H22O2S4. The topological polar surface area (TPSA) is 18.5 Å². The summed E-state index contributed by atoms with van der Waals surface area (Å²) in [4.78, 5) is 0. The van der Waals surface area contributed by atoms with Gasteiger partial charge in [0.25, 0.3) is 0 Å². The van der Waals surface area contributed by atoms with Gasteiger partial charge in [0, 0.05) is 23.3 Å². The van der Waals surface area contributed by atoms with Crippen LogP contribution >= 0.6 is 44.3 Å². The highest BCUT2D eigenvalue weighted by atomic mass is 33.1. The number of hydrogen-bond donors (Lipinski definition) is 0. The summed E-state index contributed by atoms with van der Waals surface area (Å²) < 4.78 is 14.1. The van der Waals surface area contributed by atoms with Crippen molar-refractivity contribution in [2.75, 3.05) is 13.2 Å². The molecule has 2 heterocycles. The fraction of sp³-hybridized carbons (Fsp3) is 0.167. The van der Waals surface area contributed by atoms with E-state index >= 15 is 0 Å². The Morgan fingerprint density at radius 3 is 1.40 bits per heavy atom. The van der Waals surface area contributed by atoms with E-state index in [1.165, 1.54) is 30.7 Å². The van der Waals surface area contributed by atoms with Crippen molar-refractivity contribution in [1.82, 2.24) is 0 Å².